The SMILES string of the molecule is O=C1C=C(Nc2ccc3ccccc3c2)C(=O)c2ccccc21. The smallest absolute Gasteiger partial charge is 0.210 e. The molecule has 0 aliphatic heterocycles. The number of allylic oxidation sites excluding steroid dienone is 2. The fraction of sp³-hybridized carbons (Fsp3) is 0. The van der Waals surface area contributed by atoms with Gasteiger partial charge in [-0.3, -0.25) is 9.59 Å². The van der Waals surface area contributed by atoms with Crippen LogP contribution in [0.4, 0.5) is 5.69 Å². The first-order chi connectivity index (χ1) is 11.2. The second-order valence-corrected chi connectivity index (χ2v) is 5.48. The number of fused-ring (bicyclic) bond motifs is 2. The zero-order valence-corrected chi connectivity index (χ0v) is 12.2. The van der Waals surface area contributed by atoms with Crippen molar-refractivity contribution in [1.29, 1.82) is 0 Å². The van der Waals surface area contributed by atoms with Gasteiger partial charge in [-0.1, -0.05) is 54.6 Å². The monoisotopic (exact) mass is 299 g/mol. The number of Topliss-reactive ketones (excluding diaryl/α,β-unsaturated/α-hetero) is 1. The van der Waals surface area contributed by atoms with Crippen LogP contribution < -0.4 is 5.32 Å². The summed E-state index contributed by atoms with van der Waals surface area (Å²) < 4.78 is 0. The highest BCUT2D eigenvalue weighted by molar-refractivity contribution is 6.25. The summed E-state index contributed by atoms with van der Waals surface area (Å²) in [7, 11) is 0. The van der Waals surface area contributed by atoms with E-state index in [1.54, 1.807) is 24.3 Å². The van der Waals surface area contributed by atoms with Gasteiger partial charge in [-0.05, 0) is 22.9 Å². The van der Waals surface area contributed by atoms with Crippen LogP contribution in [-0.4, -0.2) is 11.6 Å². The predicted octanol–water partition coefficient (Wildman–Crippen LogP) is 4.21. The summed E-state index contributed by atoms with van der Waals surface area (Å²) in [6.07, 6.45) is 1.37. The molecule has 0 unspecified atom stereocenters. The lowest BCUT2D eigenvalue weighted by Gasteiger charge is -2.16. The molecule has 0 saturated carbocycles. The number of nitrogens with one attached hydrogen (secondary N) is 1. The zero-order chi connectivity index (χ0) is 15.8. The van der Waals surface area contributed by atoms with Crippen molar-refractivity contribution in [3.63, 3.8) is 0 Å². The van der Waals surface area contributed by atoms with Crippen molar-refractivity contribution in [3.8, 4) is 0 Å². The van der Waals surface area contributed by atoms with Gasteiger partial charge in [0.2, 0.25) is 5.78 Å². The standard InChI is InChI=1S/C20H13NO2/c22-19-12-18(20(23)17-8-4-3-7-16(17)19)21-15-10-9-13-5-1-2-6-14(13)11-15/h1-12,21H. The van der Waals surface area contributed by atoms with Crippen molar-refractivity contribution in [1.82, 2.24) is 0 Å². The Labute approximate surface area is 133 Å². The van der Waals surface area contributed by atoms with Gasteiger partial charge >= 0.3 is 0 Å². The average molecular weight is 299 g/mol. The molecular weight excluding hydrogens is 286 g/mol. The minimum atomic E-state index is -0.159. The maximum Gasteiger partial charge on any atom is 0.210 e. The van der Waals surface area contributed by atoms with Gasteiger partial charge in [-0.25, -0.2) is 0 Å². The first-order valence-corrected chi connectivity index (χ1v) is 7.38. The van der Waals surface area contributed by atoms with Gasteiger partial charge in [0.1, 0.15) is 0 Å². The first-order valence-electron chi connectivity index (χ1n) is 7.38. The van der Waals surface area contributed by atoms with E-state index in [0.29, 0.717) is 16.8 Å². The van der Waals surface area contributed by atoms with Crippen molar-refractivity contribution in [2.45, 2.75) is 0 Å². The van der Waals surface area contributed by atoms with E-state index in [1.807, 2.05) is 42.5 Å². The van der Waals surface area contributed by atoms with Crippen LogP contribution in [-0.2, 0) is 0 Å². The molecule has 0 atom stereocenters. The number of benzene rings is 3. The third-order valence-corrected chi connectivity index (χ3v) is 3.99. The molecule has 3 heteroatoms. The molecule has 1 aliphatic rings. The second kappa shape index (κ2) is 5.21. The highest BCUT2D eigenvalue weighted by Crippen LogP contribution is 2.24. The summed E-state index contributed by atoms with van der Waals surface area (Å²) in [5.74, 6) is -0.308. The van der Waals surface area contributed by atoms with Gasteiger partial charge in [0.25, 0.3) is 0 Å². The molecule has 0 amide bonds. The topological polar surface area (TPSA) is 46.2 Å². The number of hydrogen-bond acceptors (Lipinski definition) is 3. The van der Waals surface area contributed by atoms with Gasteiger partial charge in [0.05, 0.1) is 5.70 Å². The molecule has 1 aliphatic carbocycles. The third-order valence-electron chi connectivity index (χ3n) is 3.99. The Morgan fingerprint density at radius 1 is 0.696 bits per heavy atom. The highest BCUT2D eigenvalue weighted by atomic mass is 16.1. The Bertz CT molecular complexity index is 986. The molecule has 0 radical (unpaired) electrons. The van der Waals surface area contributed by atoms with E-state index in [0.717, 1.165) is 16.5 Å². The minimum Gasteiger partial charge on any atom is -0.352 e. The molecule has 0 fully saturated rings. The van der Waals surface area contributed by atoms with Crippen LogP contribution in [0.1, 0.15) is 20.7 Å². The van der Waals surface area contributed by atoms with E-state index < -0.39 is 0 Å². The van der Waals surface area contributed by atoms with Crippen molar-refractivity contribution in [2.24, 2.45) is 0 Å². The van der Waals surface area contributed by atoms with E-state index in [1.165, 1.54) is 6.08 Å². The van der Waals surface area contributed by atoms with Crippen LogP contribution in [0.3, 0.4) is 0 Å². The zero-order valence-electron chi connectivity index (χ0n) is 12.2. The van der Waals surface area contributed by atoms with Crippen molar-refractivity contribution >= 4 is 28.0 Å². The van der Waals surface area contributed by atoms with Crippen molar-refractivity contribution in [3.05, 3.63) is 89.6 Å². The average Bonchev–Trinajstić information content (AvgIpc) is 2.59. The van der Waals surface area contributed by atoms with Gasteiger partial charge in [0.15, 0.2) is 5.78 Å². The molecule has 3 aromatic rings. The summed E-state index contributed by atoms with van der Waals surface area (Å²) >= 11 is 0. The number of ketones is 2. The first kappa shape index (κ1) is 13.5. The molecule has 1 N–H and O–H groups in total. The van der Waals surface area contributed by atoms with E-state index in [4.69, 9.17) is 0 Å². The Kier molecular flexibility index (Phi) is 3.05. The molecule has 0 saturated heterocycles. The Morgan fingerprint density at radius 3 is 2.22 bits per heavy atom. The van der Waals surface area contributed by atoms with E-state index in [2.05, 4.69) is 5.32 Å². The van der Waals surface area contributed by atoms with Crippen molar-refractivity contribution < 1.29 is 9.59 Å². The highest BCUT2D eigenvalue weighted by Gasteiger charge is 2.25. The number of carbonyl (C=O) groups is 2. The summed E-state index contributed by atoms with van der Waals surface area (Å²) in [5, 5.41) is 5.29. The Balaban J connectivity index is 1.71. The van der Waals surface area contributed by atoms with Crippen LogP contribution >= 0.6 is 0 Å². The summed E-state index contributed by atoms with van der Waals surface area (Å²) in [4.78, 5) is 24.7. The quantitative estimate of drug-likeness (QED) is 0.771. The maximum absolute atomic E-state index is 12.5. The number of hydrogen-bond donors (Lipinski definition) is 1. The van der Waals surface area contributed by atoms with Crippen LogP contribution in [0.2, 0.25) is 0 Å². The lowest BCUT2D eigenvalue weighted by Crippen LogP contribution is -2.21. The van der Waals surface area contributed by atoms with Crippen LogP contribution in [0.5, 0.6) is 0 Å². The van der Waals surface area contributed by atoms with E-state index >= 15 is 0 Å². The van der Waals surface area contributed by atoms with Crippen LogP contribution in [0, 0.1) is 0 Å². The largest absolute Gasteiger partial charge is 0.352 e. The van der Waals surface area contributed by atoms with Gasteiger partial charge < -0.3 is 5.32 Å². The number of anilines is 1. The summed E-state index contributed by atoms with van der Waals surface area (Å²) in [5.41, 5.74) is 2.00. The lowest BCUT2D eigenvalue weighted by atomic mass is 9.92. The second-order valence-electron chi connectivity index (χ2n) is 5.48. The Hall–Kier alpha value is -3.20. The fourth-order valence-corrected chi connectivity index (χ4v) is 2.83. The molecular formula is C20H13NO2. The molecule has 0 spiro atoms. The molecule has 4 rings (SSSR count). The van der Waals surface area contributed by atoms with E-state index in [9.17, 15) is 9.59 Å². The fourth-order valence-electron chi connectivity index (χ4n) is 2.83. The third kappa shape index (κ3) is 2.32. The predicted molar refractivity (Wildman–Crippen MR) is 90.8 cm³/mol. The molecule has 0 heterocycles. The molecule has 3 aromatic carbocycles. The normalized spacial score (nSPS) is 13.7. The molecule has 0 aromatic heterocycles. The van der Waals surface area contributed by atoms with Crippen LogP contribution in [0.25, 0.3) is 10.8 Å². The summed E-state index contributed by atoms with van der Waals surface area (Å²) in [6.45, 7) is 0. The van der Waals surface area contributed by atoms with Gasteiger partial charge in [-0.2, -0.15) is 0 Å². The van der Waals surface area contributed by atoms with Crippen molar-refractivity contribution in [2.75, 3.05) is 5.32 Å². The maximum atomic E-state index is 12.5. The van der Waals surface area contributed by atoms with Gasteiger partial charge in [-0.15, -0.1) is 0 Å². The molecule has 0 bridgehead atoms. The minimum absolute atomic E-state index is 0.150. The van der Waals surface area contributed by atoms with Gasteiger partial charge in [0, 0.05) is 22.9 Å². The number of rotatable bonds is 2. The molecule has 3 nitrogen and oxygen atoms in total. The van der Waals surface area contributed by atoms with E-state index in [-0.39, 0.29) is 11.6 Å². The lowest BCUT2D eigenvalue weighted by molar-refractivity contribution is 0.0985. The molecule has 23 heavy (non-hydrogen) atoms. The number of carbonyl (C=O) groups excluding carboxylic acids is 2. The Morgan fingerprint density at radius 2 is 1.39 bits per heavy atom. The summed E-state index contributed by atoms with van der Waals surface area (Å²) in [6, 6.07) is 20.8. The molecule has 110 valence electrons. The van der Waals surface area contributed by atoms with Crippen LogP contribution in [0.15, 0.2) is 78.5 Å².